The minimum atomic E-state index is -0.734. The van der Waals surface area contributed by atoms with E-state index in [4.69, 9.17) is 5.11 Å². The van der Waals surface area contributed by atoms with Crippen LogP contribution in [0.3, 0.4) is 0 Å². The largest absolute Gasteiger partial charge is 0.481 e. The molecule has 0 aromatic carbocycles. The van der Waals surface area contributed by atoms with Gasteiger partial charge >= 0.3 is 5.97 Å². The third-order valence-electron chi connectivity index (χ3n) is 2.78. The first-order valence-corrected chi connectivity index (χ1v) is 5.37. The number of hydrogen-bond acceptors (Lipinski definition) is 3. The van der Waals surface area contributed by atoms with E-state index in [1.54, 1.807) is 0 Å². The molecule has 0 saturated heterocycles. The van der Waals surface area contributed by atoms with Crippen molar-refractivity contribution in [3.63, 3.8) is 0 Å². The van der Waals surface area contributed by atoms with Crippen molar-refractivity contribution in [1.82, 2.24) is 10.2 Å². The summed E-state index contributed by atoms with van der Waals surface area (Å²) < 4.78 is 0. The van der Waals surface area contributed by atoms with Crippen LogP contribution in [0.5, 0.6) is 0 Å². The fourth-order valence-corrected chi connectivity index (χ4v) is 2.04. The molecular formula is C11H16N2O2. The van der Waals surface area contributed by atoms with Gasteiger partial charge in [0.2, 0.25) is 0 Å². The van der Waals surface area contributed by atoms with Gasteiger partial charge in [0, 0.05) is 19.6 Å². The van der Waals surface area contributed by atoms with Crippen LogP contribution in [-0.4, -0.2) is 35.6 Å². The predicted octanol–water partition coefficient (Wildman–Crippen LogP) is 0.928. The average Bonchev–Trinajstić information content (AvgIpc) is 2.26. The SMILES string of the molecule is O=C(O)CCN1CC=CC2=C1NCCC2. The quantitative estimate of drug-likeness (QED) is 0.724. The van der Waals surface area contributed by atoms with Crippen LogP contribution in [0.2, 0.25) is 0 Å². The Morgan fingerprint density at radius 2 is 2.47 bits per heavy atom. The molecule has 2 heterocycles. The third kappa shape index (κ3) is 2.32. The molecule has 0 fully saturated rings. The summed E-state index contributed by atoms with van der Waals surface area (Å²) >= 11 is 0. The Morgan fingerprint density at radius 3 is 3.27 bits per heavy atom. The smallest absolute Gasteiger partial charge is 0.305 e. The minimum absolute atomic E-state index is 0.201. The lowest BCUT2D eigenvalue weighted by Gasteiger charge is -2.33. The van der Waals surface area contributed by atoms with Crippen LogP contribution in [0.1, 0.15) is 19.3 Å². The summed E-state index contributed by atoms with van der Waals surface area (Å²) in [6.45, 7) is 2.40. The summed E-state index contributed by atoms with van der Waals surface area (Å²) in [6, 6.07) is 0. The zero-order valence-corrected chi connectivity index (χ0v) is 8.70. The predicted molar refractivity (Wildman–Crippen MR) is 57.2 cm³/mol. The van der Waals surface area contributed by atoms with Crippen LogP contribution in [0.25, 0.3) is 0 Å². The molecule has 0 spiro atoms. The molecule has 0 saturated carbocycles. The van der Waals surface area contributed by atoms with E-state index in [-0.39, 0.29) is 6.42 Å². The molecule has 0 aromatic heterocycles. The van der Waals surface area contributed by atoms with Crippen LogP contribution in [0.15, 0.2) is 23.5 Å². The van der Waals surface area contributed by atoms with Gasteiger partial charge in [0.25, 0.3) is 0 Å². The van der Waals surface area contributed by atoms with Crippen molar-refractivity contribution < 1.29 is 9.90 Å². The van der Waals surface area contributed by atoms with Gasteiger partial charge in [-0.3, -0.25) is 4.79 Å². The van der Waals surface area contributed by atoms with Crippen molar-refractivity contribution in [3.05, 3.63) is 23.5 Å². The maximum Gasteiger partial charge on any atom is 0.305 e. The molecule has 0 bridgehead atoms. The van der Waals surface area contributed by atoms with Gasteiger partial charge in [0.15, 0.2) is 0 Å². The summed E-state index contributed by atoms with van der Waals surface area (Å²) in [4.78, 5) is 12.6. The van der Waals surface area contributed by atoms with Gasteiger partial charge in [-0.1, -0.05) is 12.2 Å². The average molecular weight is 208 g/mol. The summed E-state index contributed by atoms with van der Waals surface area (Å²) in [5.74, 6) is 0.410. The first kappa shape index (κ1) is 10.1. The second-order valence-electron chi connectivity index (χ2n) is 3.90. The van der Waals surface area contributed by atoms with Gasteiger partial charge in [-0.25, -0.2) is 0 Å². The molecule has 15 heavy (non-hydrogen) atoms. The van der Waals surface area contributed by atoms with E-state index in [0.717, 1.165) is 31.8 Å². The molecule has 0 aliphatic carbocycles. The standard InChI is InChI=1S/C11H16N2O2/c14-10(15)5-8-13-7-2-4-9-3-1-6-12-11(9)13/h2,4,12H,1,3,5-8H2,(H,14,15). The first-order chi connectivity index (χ1) is 7.27. The number of carboxylic acid groups (broad SMARTS) is 1. The number of rotatable bonds is 3. The second kappa shape index (κ2) is 4.38. The fraction of sp³-hybridized carbons (Fsp3) is 0.545. The van der Waals surface area contributed by atoms with Crippen LogP contribution in [0.4, 0.5) is 0 Å². The van der Waals surface area contributed by atoms with E-state index in [1.807, 2.05) is 0 Å². The lowest BCUT2D eigenvalue weighted by molar-refractivity contribution is -0.137. The maximum absolute atomic E-state index is 10.5. The Hall–Kier alpha value is -1.45. The molecule has 0 unspecified atom stereocenters. The zero-order chi connectivity index (χ0) is 10.7. The fourth-order valence-electron chi connectivity index (χ4n) is 2.04. The van der Waals surface area contributed by atoms with Crippen LogP contribution >= 0.6 is 0 Å². The Kier molecular flexibility index (Phi) is 2.94. The number of allylic oxidation sites excluding steroid dienone is 2. The highest BCUT2D eigenvalue weighted by atomic mass is 16.4. The minimum Gasteiger partial charge on any atom is -0.481 e. The molecule has 2 aliphatic rings. The highest BCUT2D eigenvalue weighted by Gasteiger charge is 2.19. The number of carboxylic acids is 1. The number of hydrogen-bond donors (Lipinski definition) is 2. The normalized spacial score (nSPS) is 19.9. The molecule has 4 heteroatoms. The molecule has 4 nitrogen and oxygen atoms in total. The van der Waals surface area contributed by atoms with E-state index in [1.165, 1.54) is 5.57 Å². The summed E-state index contributed by atoms with van der Waals surface area (Å²) in [7, 11) is 0. The Bertz CT molecular complexity index is 321. The number of nitrogens with one attached hydrogen (secondary N) is 1. The lowest BCUT2D eigenvalue weighted by atomic mass is 10.0. The highest BCUT2D eigenvalue weighted by molar-refractivity contribution is 5.66. The topological polar surface area (TPSA) is 52.6 Å². The number of carbonyl (C=O) groups is 1. The van der Waals surface area contributed by atoms with Crippen molar-refractivity contribution in [2.75, 3.05) is 19.6 Å². The lowest BCUT2D eigenvalue weighted by Crippen LogP contribution is -2.38. The highest BCUT2D eigenvalue weighted by Crippen LogP contribution is 2.22. The van der Waals surface area contributed by atoms with Crippen molar-refractivity contribution in [3.8, 4) is 0 Å². The van der Waals surface area contributed by atoms with Gasteiger partial charge in [0.1, 0.15) is 5.82 Å². The van der Waals surface area contributed by atoms with Crippen molar-refractivity contribution in [2.24, 2.45) is 0 Å². The summed E-state index contributed by atoms with van der Waals surface area (Å²) in [5.41, 5.74) is 1.32. The second-order valence-corrected chi connectivity index (χ2v) is 3.90. The van der Waals surface area contributed by atoms with Crippen molar-refractivity contribution in [1.29, 1.82) is 0 Å². The molecule has 0 atom stereocenters. The Morgan fingerprint density at radius 1 is 1.60 bits per heavy atom. The van der Waals surface area contributed by atoms with E-state index in [2.05, 4.69) is 22.4 Å². The molecule has 2 rings (SSSR count). The van der Waals surface area contributed by atoms with E-state index >= 15 is 0 Å². The van der Waals surface area contributed by atoms with E-state index in [9.17, 15) is 4.79 Å². The van der Waals surface area contributed by atoms with E-state index in [0.29, 0.717) is 6.54 Å². The number of nitrogens with zero attached hydrogens (tertiary/aromatic N) is 1. The molecule has 0 radical (unpaired) electrons. The molecule has 82 valence electrons. The van der Waals surface area contributed by atoms with Crippen molar-refractivity contribution >= 4 is 5.97 Å². The van der Waals surface area contributed by atoms with Gasteiger partial charge in [-0.05, 0) is 18.4 Å². The van der Waals surface area contributed by atoms with Crippen LogP contribution < -0.4 is 5.32 Å². The first-order valence-electron chi connectivity index (χ1n) is 5.37. The Labute approximate surface area is 89.3 Å². The number of aliphatic carboxylic acids is 1. The third-order valence-corrected chi connectivity index (χ3v) is 2.78. The van der Waals surface area contributed by atoms with Crippen molar-refractivity contribution in [2.45, 2.75) is 19.3 Å². The van der Waals surface area contributed by atoms with Gasteiger partial charge in [-0.15, -0.1) is 0 Å². The van der Waals surface area contributed by atoms with Gasteiger partial charge < -0.3 is 15.3 Å². The van der Waals surface area contributed by atoms with E-state index < -0.39 is 5.97 Å². The van der Waals surface area contributed by atoms with Gasteiger partial charge in [0.05, 0.1) is 6.42 Å². The molecule has 2 N–H and O–H groups in total. The Balaban J connectivity index is 2.03. The molecule has 2 aliphatic heterocycles. The monoisotopic (exact) mass is 208 g/mol. The zero-order valence-electron chi connectivity index (χ0n) is 8.70. The summed E-state index contributed by atoms with van der Waals surface area (Å²) in [5, 5.41) is 12.0. The maximum atomic E-state index is 10.5. The van der Waals surface area contributed by atoms with Crippen LogP contribution in [-0.2, 0) is 4.79 Å². The molecule has 0 amide bonds. The summed E-state index contributed by atoms with van der Waals surface area (Å²) in [6.07, 6.45) is 6.72. The van der Waals surface area contributed by atoms with Gasteiger partial charge in [-0.2, -0.15) is 0 Å². The van der Waals surface area contributed by atoms with Crippen LogP contribution in [0, 0.1) is 0 Å². The molecule has 0 aromatic rings. The molecular weight excluding hydrogens is 192 g/mol.